The fourth-order valence-electron chi connectivity index (χ4n) is 10.8. The first kappa shape index (κ1) is 45.2. The standard InChI is InChI=1S/C48H50F3N11O6S/c49-32-9-14-61(27-32)69(67,68)57-38-4-3-37(50)41(42(38)51)43(64)36-24-53-44-35(36)20-29(21-52-44)31-22-54-47(55-23-31)48(10-11-48)60-17-15-58(16-18-60)25-28-7-12-59(13-8-28)33-1-2-34-30(19-33)26-62(46(34)66)39-5-6-40(63)56-45(39)65/h1-4,19-24,28,32,39,57H,5-18,25-27H2,(H,52,53)(H,56,63,65)/t32-,39-/m1/s1. The molecule has 0 bridgehead atoms. The number of nitrogens with one attached hydrogen (secondary N) is 3. The highest BCUT2D eigenvalue weighted by atomic mass is 32.2. The van der Waals surface area contributed by atoms with Gasteiger partial charge in [-0.3, -0.25) is 34.1 Å². The summed E-state index contributed by atoms with van der Waals surface area (Å²) < 4.78 is 73.3. The number of amides is 3. The third-order valence-electron chi connectivity index (χ3n) is 14.9. The van der Waals surface area contributed by atoms with Crippen molar-refractivity contribution in [2.75, 3.05) is 68.5 Å². The van der Waals surface area contributed by atoms with Crippen molar-refractivity contribution in [3.8, 4) is 11.1 Å². The van der Waals surface area contributed by atoms with Gasteiger partial charge in [0, 0.05) is 130 Å². The van der Waals surface area contributed by atoms with Crippen molar-refractivity contribution in [3.63, 3.8) is 0 Å². The summed E-state index contributed by atoms with van der Waals surface area (Å²) >= 11 is 0. The molecule has 0 radical (unpaired) electrons. The molecule has 5 fully saturated rings. The molecule has 1 aliphatic carbocycles. The topological polar surface area (TPSA) is 197 Å². The van der Waals surface area contributed by atoms with E-state index in [1.165, 1.54) is 6.20 Å². The third kappa shape index (κ3) is 8.41. The molecule has 2 atom stereocenters. The zero-order chi connectivity index (χ0) is 47.8. The summed E-state index contributed by atoms with van der Waals surface area (Å²) in [5.74, 6) is -3.15. The van der Waals surface area contributed by atoms with Gasteiger partial charge in [-0.25, -0.2) is 28.1 Å². The number of aromatic nitrogens is 4. The summed E-state index contributed by atoms with van der Waals surface area (Å²) in [5, 5.41) is 2.66. The highest BCUT2D eigenvalue weighted by Gasteiger charge is 2.52. The predicted octanol–water partition coefficient (Wildman–Crippen LogP) is 4.51. The molecule has 17 nitrogen and oxygen atoms in total. The van der Waals surface area contributed by atoms with Crippen LogP contribution in [0.15, 0.2) is 61.2 Å². The van der Waals surface area contributed by atoms with E-state index in [1.807, 2.05) is 16.9 Å². The van der Waals surface area contributed by atoms with Crippen molar-refractivity contribution in [1.29, 1.82) is 0 Å². The number of hydrogen-bond donors (Lipinski definition) is 3. The number of pyridine rings is 1. The van der Waals surface area contributed by atoms with Crippen LogP contribution in [0.1, 0.15) is 82.6 Å². The van der Waals surface area contributed by atoms with Crippen molar-refractivity contribution in [2.45, 2.75) is 69.2 Å². The maximum atomic E-state index is 15.8. The zero-order valence-electron chi connectivity index (χ0n) is 37.6. The van der Waals surface area contributed by atoms with Gasteiger partial charge in [-0.15, -0.1) is 0 Å². The summed E-state index contributed by atoms with van der Waals surface area (Å²) in [6.45, 7) is 6.43. The molecule has 2 aromatic carbocycles. The SMILES string of the molecule is O=C1CC[C@@H](N2Cc3cc(N4CCC(CN5CCN(C6(c7ncc(-c8cnc9[nH]cc(C(=O)c%10c(F)ccc(NS(=O)(=O)N%11CC[C@@H](F)C%11)c%10F)c9c8)cn7)CC6)CC5)CC4)ccc3C2=O)C(=O)N1. The summed E-state index contributed by atoms with van der Waals surface area (Å²) in [5.41, 5.74) is 2.23. The van der Waals surface area contributed by atoms with Gasteiger partial charge in [0.05, 0.1) is 16.8 Å². The molecule has 360 valence electrons. The van der Waals surface area contributed by atoms with Crippen LogP contribution < -0.4 is 14.9 Å². The molecule has 5 aromatic rings. The Kier molecular flexibility index (Phi) is 11.5. The van der Waals surface area contributed by atoms with Gasteiger partial charge in [-0.2, -0.15) is 12.7 Å². The van der Waals surface area contributed by atoms with Crippen molar-refractivity contribution >= 4 is 56.1 Å². The van der Waals surface area contributed by atoms with Crippen LogP contribution in [0.25, 0.3) is 22.2 Å². The van der Waals surface area contributed by atoms with Crippen LogP contribution in [0.3, 0.4) is 0 Å². The maximum Gasteiger partial charge on any atom is 0.301 e. The lowest BCUT2D eigenvalue weighted by Crippen LogP contribution is -2.52. The van der Waals surface area contributed by atoms with E-state index in [-0.39, 0.29) is 42.3 Å². The minimum atomic E-state index is -4.37. The fraction of sp³-hybridized carbons (Fsp3) is 0.438. The van der Waals surface area contributed by atoms with Gasteiger partial charge in [0.1, 0.15) is 29.5 Å². The average molecular weight is 966 g/mol. The van der Waals surface area contributed by atoms with Gasteiger partial charge in [0.25, 0.3) is 5.91 Å². The molecule has 6 aliphatic rings. The van der Waals surface area contributed by atoms with Crippen LogP contribution in [0, 0.1) is 17.6 Å². The Morgan fingerprint density at radius 1 is 0.870 bits per heavy atom. The molecule has 3 amide bonds. The van der Waals surface area contributed by atoms with Crippen LogP contribution in [-0.4, -0.2) is 142 Å². The predicted molar refractivity (Wildman–Crippen MR) is 247 cm³/mol. The first-order chi connectivity index (χ1) is 33.2. The van der Waals surface area contributed by atoms with Gasteiger partial charge in [0.15, 0.2) is 5.82 Å². The number of imide groups is 1. The first-order valence-corrected chi connectivity index (χ1v) is 24.9. The van der Waals surface area contributed by atoms with Crippen LogP contribution in [-0.2, 0) is 31.9 Å². The zero-order valence-corrected chi connectivity index (χ0v) is 38.4. The number of rotatable bonds is 12. The number of ketones is 1. The number of piperazine rings is 1. The van der Waals surface area contributed by atoms with E-state index in [4.69, 9.17) is 9.97 Å². The second kappa shape index (κ2) is 17.6. The molecular formula is C48H50F3N11O6S. The lowest BCUT2D eigenvalue weighted by atomic mass is 9.95. The molecule has 8 heterocycles. The van der Waals surface area contributed by atoms with E-state index < -0.39 is 63.5 Å². The highest BCUT2D eigenvalue weighted by Crippen LogP contribution is 2.50. The molecule has 11 rings (SSSR count). The van der Waals surface area contributed by atoms with Gasteiger partial charge < -0.3 is 19.7 Å². The molecule has 21 heteroatoms. The quantitative estimate of drug-likeness (QED) is 0.117. The van der Waals surface area contributed by atoms with Crippen molar-refractivity contribution in [1.82, 2.24) is 44.3 Å². The first-order valence-electron chi connectivity index (χ1n) is 23.5. The van der Waals surface area contributed by atoms with Crippen LogP contribution in [0.2, 0.25) is 0 Å². The van der Waals surface area contributed by atoms with Gasteiger partial charge in [0.2, 0.25) is 17.6 Å². The largest absolute Gasteiger partial charge is 0.372 e. The molecule has 0 unspecified atom stereocenters. The molecule has 3 N–H and O–H groups in total. The van der Waals surface area contributed by atoms with Crippen molar-refractivity contribution in [3.05, 3.63) is 101 Å². The third-order valence-corrected chi connectivity index (χ3v) is 16.4. The number of alkyl halides is 1. The Bertz CT molecular complexity index is 3010. The van der Waals surface area contributed by atoms with E-state index in [0.717, 1.165) is 105 Å². The Labute approximate surface area is 395 Å². The average Bonchev–Trinajstić information content (AvgIpc) is 3.66. The molecular weight excluding hydrogens is 916 g/mol. The molecule has 4 saturated heterocycles. The summed E-state index contributed by atoms with van der Waals surface area (Å²) in [6, 6.07) is 8.69. The van der Waals surface area contributed by atoms with Gasteiger partial charge in [-0.05, 0) is 86.4 Å². The number of hydrogen-bond acceptors (Lipinski definition) is 12. The minimum absolute atomic E-state index is 0.00224. The van der Waals surface area contributed by atoms with E-state index in [2.05, 4.69) is 36.1 Å². The van der Waals surface area contributed by atoms with Crippen molar-refractivity contribution < 1.29 is 40.8 Å². The number of piperidine rings is 2. The smallest absolute Gasteiger partial charge is 0.301 e. The lowest BCUT2D eigenvalue weighted by Gasteiger charge is -2.41. The Morgan fingerprint density at radius 3 is 2.33 bits per heavy atom. The van der Waals surface area contributed by atoms with E-state index in [0.29, 0.717) is 46.6 Å². The number of anilines is 2. The number of aromatic amines is 1. The van der Waals surface area contributed by atoms with E-state index in [9.17, 15) is 32.0 Å². The second-order valence-electron chi connectivity index (χ2n) is 19.1. The molecule has 5 aliphatic heterocycles. The minimum Gasteiger partial charge on any atom is -0.372 e. The number of benzene rings is 2. The van der Waals surface area contributed by atoms with Gasteiger partial charge >= 0.3 is 10.2 Å². The number of nitrogens with zero attached hydrogens (tertiary/aromatic N) is 8. The van der Waals surface area contributed by atoms with Crippen LogP contribution >= 0.6 is 0 Å². The fourth-order valence-corrected chi connectivity index (χ4v) is 12.1. The maximum absolute atomic E-state index is 15.8. The number of H-pyrrole nitrogens is 1. The Morgan fingerprint density at radius 2 is 1.62 bits per heavy atom. The van der Waals surface area contributed by atoms with E-state index >= 15 is 8.78 Å². The monoisotopic (exact) mass is 965 g/mol. The molecule has 0 spiro atoms. The Balaban J connectivity index is 0.693. The summed E-state index contributed by atoms with van der Waals surface area (Å²) in [4.78, 5) is 77.2. The van der Waals surface area contributed by atoms with Crippen LogP contribution in [0.5, 0.6) is 0 Å². The molecule has 1 saturated carbocycles. The number of carbonyl (C=O) groups excluding carboxylic acids is 4. The number of fused-ring (bicyclic) bond motifs is 2. The molecule has 3 aromatic heterocycles. The Hall–Kier alpha value is -6.29. The molecule has 69 heavy (non-hydrogen) atoms. The number of carbonyl (C=O) groups is 4. The van der Waals surface area contributed by atoms with Gasteiger partial charge in [-0.1, -0.05) is 0 Å². The normalized spacial score (nSPS) is 22.6. The van der Waals surface area contributed by atoms with E-state index in [1.54, 1.807) is 29.6 Å². The lowest BCUT2D eigenvalue weighted by molar-refractivity contribution is -0.136. The summed E-state index contributed by atoms with van der Waals surface area (Å²) in [6.07, 6.45) is 9.57. The number of halogens is 3. The van der Waals surface area contributed by atoms with Crippen molar-refractivity contribution in [2.24, 2.45) is 5.92 Å². The van der Waals surface area contributed by atoms with Crippen LogP contribution in [0.4, 0.5) is 24.5 Å². The summed E-state index contributed by atoms with van der Waals surface area (Å²) in [7, 11) is -4.37. The second-order valence-corrected chi connectivity index (χ2v) is 20.7. The highest BCUT2D eigenvalue weighted by molar-refractivity contribution is 7.90.